The van der Waals surface area contributed by atoms with E-state index in [-0.39, 0.29) is 11.3 Å². The third-order valence-electron chi connectivity index (χ3n) is 4.47. The summed E-state index contributed by atoms with van der Waals surface area (Å²) in [7, 11) is 0. The number of aromatic amines is 1. The Morgan fingerprint density at radius 1 is 1.14 bits per heavy atom. The highest BCUT2D eigenvalue weighted by molar-refractivity contribution is 6.40. The van der Waals surface area contributed by atoms with E-state index in [1.165, 1.54) is 4.68 Å². The lowest BCUT2D eigenvalue weighted by Crippen LogP contribution is -2.13. The Balaban J connectivity index is 1.94. The summed E-state index contributed by atoms with van der Waals surface area (Å²) in [5.41, 5.74) is 1.85. The Kier molecular flexibility index (Phi) is 5.25. The van der Waals surface area contributed by atoms with Crippen LogP contribution in [0.15, 0.2) is 41.2 Å². The molecule has 148 valence electrons. The highest BCUT2D eigenvalue weighted by Crippen LogP contribution is 2.33. The Bertz CT molecular complexity index is 1270. The predicted molar refractivity (Wildman–Crippen MR) is 115 cm³/mol. The van der Waals surface area contributed by atoms with Gasteiger partial charge in [-0.15, -0.1) is 0 Å². The van der Waals surface area contributed by atoms with Crippen LogP contribution in [0, 0.1) is 0 Å². The molecular formula is C20H15Cl3N4O2. The van der Waals surface area contributed by atoms with Crippen molar-refractivity contribution in [3.8, 4) is 11.4 Å². The topological polar surface area (TPSA) is 83.8 Å². The number of phenolic OH excluding ortho intramolecular Hbond substituents is 1. The molecule has 0 amide bonds. The first-order chi connectivity index (χ1) is 13.9. The zero-order valence-electron chi connectivity index (χ0n) is 15.2. The number of phenols is 1. The van der Waals surface area contributed by atoms with Crippen LogP contribution in [0.3, 0.4) is 0 Å². The highest BCUT2D eigenvalue weighted by atomic mass is 35.5. The minimum atomic E-state index is -0.297. The van der Waals surface area contributed by atoms with Crippen molar-refractivity contribution in [2.45, 2.75) is 19.8 Å². The lowest BCUT2D eigenvalue weighted by atomic mass is 10.1. The van der Waals surface area contributed by atoms with E-state index >= 15 is 0 Å². The molecule has 0 aliphatic carbocycles. The molecule has 0 aliphatic rings. The molecule has 2 N–H and O–H groups in total. The fourth-order valence-corrected chi connectivity index (χ4v) is 4.20. The Labute approximate surface area is 180 Å². The van der Waals surface area contributed by atoms with Gasteiger partial charge in [0.1, 0.15) is 22.6 Å². The van der Waals surface area contributed by atoms with Gasteiger partial charge in [-0.25, -0.2) is 9.67 Å². The molecule has 0 radical (unpaired) electrons. The van der Waals surface area contributed by atoms with Gasteiger partial charge >= 0.3 is 0 Å². The molecule has 2 aromatic carbocycles. The average molecular weight is 450 g/mol. The van der Waals surface area contributed by atoms with Crippen LogP contribution in [0.5, 0.6) is 5.75 Å². The Morgan fingerprint density at radius 3 is 2.52 bits per heavy atom. The first-order valence-electron chi connectivity index (χ1n) is 8.81. The first-order valence-corrected chi connectivity index (χ1v) is 9.94. The number of fused-ring (bicyclic) bond motifs is 1. The summed E-state index contributed by atoms with van der Waals surface area (Å²) in [5, 5.41) is 15.6. The largest absolute Gasteiger partial charge is 0.508 e. The molecular weight excluding hydrogens is 435 g/mol. The third-order valence-corrected chi connectivity index (χ3v) is 5.26. The summed E-state index contributed by atoms with van der Waals surface area (Å²) in [4.78, 5) is 20.3. The maximum atomic E-state index is 12.8. The van der Waals surface area contributed by atoms with E-state index in [0.29, 0.717) is 56.1 Å². The second-order valence-electron chi connectivity index (χ2n) is 6.49. The molecule has 4 aromatic rings. The zero-order valence-corrected chi connectivity index (χ0v) is 17.5. The number of aryl methyl sites for hydroxylation is 1. The summed E-state index contributed by atoms with van der Waals surface area (Å²) in [6.45, 7) is 1.90. The van der Waals surface area contributed by atoms with Crippen molar-refractivity contribution in [1.29, 1.82) is 0 Å². The molecule has 0 unspecified atom stereocenters. The van der Waals surface area contributed by atoms with Crippen LogP contribution in [0.4, 0.5) is 0 Å². The van der Waals surface area contributed by atoms with Crippen LogP contribution in [-0.2, 0) is 12.8 Å². The maximum Gasteiger partial charge on any atom is 0.262 e. The number of hydrogen-bond acceptors (Lipinski definition) is 4. The van der Waals surface area contributed by atoms with Crippen LogP contribution in [0.1, 0.15) is 24.0 Å². The van der Waals surface area contributed by atoms with Gasteiger partial charge in [-0.2, -0.15) is 5.10 Å². The van der Waals surface area contributed by atoms with Crippen molar-refractivity contribution in [3.63, 3.8) is 0 Å². The molecule has 6 nitrogen and oxygen atoms in total. The zero-order chi connectivity index (χ0) is 20.7. The molecule has 0 bridgehead atoms. The molecule has 0 aliphatic heterocycles. The van der Waals surface area contributed by atoms with Crippen molar-refractivity contribution in [2.24, 2.45) is 0 Å². The number of nitrogens with one attached hydrogen (secondary N) is 1. The van der Waals surface area contributed by atoms with Gasteiger partial charge in [-0.05, 0) is 36.2 Å². The van der Waals surface area contributed by atoms with Crippen molar-refractivity contribution in [1.82, 2.24) is 19.7 Å². The third kappa shape index (κ3) is 3.71. The number of rotatable bonds is 4. The first kappa shape index (κ1) is 19.8. The van der Waals surface area contributed by atoms with Crippen molar-refractivity contribution >= 4 is 45.8 Å². The molecule has 2 aromatic heterocycles. The van der Waals surface area contributed by atoms with Crippen molar-refractivity contribution < 1.29 is 5.11 Å². The van der Waals surface area contributed by atoms with Crippen molar-refractivity contribution in [3.05, 3.63) is 78.9 Å². The van der Waals surface area contributed by atoms with Gasteiger partial charge in [-0.1, -0.05) is 53.9 Å². The molecule has 0 spiro atoms. The number of nitrogens with zero attached hydrogens (tertiary/aromatic N) is 3. The molecule has 29 heavy (non-hydrogen) atoms. The summed E-state index contributed by atoms with van der Waals surface area (Å²) in [6, 6.07) is 9.88. The van der Waals surface area contributed by atoms with Gasteiger partial charge in [0.15, 0.2) is 5.65 Å². The Hall–Kier alpha value is -2.54. The van der Waals surface area contributed by atoms with Crippen LogP contribution in [0.25, 0.3) is 16.7 Å². The standard InChI is InChI=1S/C20H15Cl3N4O2/c1-2-15-17-19(27(26-15)18-13(22)8-11(21)9-14(18)23)24-16(25-20(17)29)7-10-4-3-5-12(28)6-10/h3-6,8-9,28H,2,7H2,1H3,(H,24,25,29). The van der Waals surface area contributed by atoms with Gasteiger partial charge in [-0.3, -0.25) is 4.79 Å². The number of H-pyrrole nitrogens is 1. The molecule has 9 heteroatoms. The maximum absolute atomic E-state index is 12.8. The molecule has 0 fully saturated rings. The van der Waals surface area contributed by atoms with Crippen LogP contribution < -0.4 is 5.56 Å². The van der Waals surface area contributed by atoms with Gasteiger partial charge in [0.05, 0.1) is 15.7 Å². The van der Waals surface area contributed by atoms with E-state index in [4.69, 9.17) is 34.8 Å². The van der Waals surface area contributed by atoms with E-state index in [1.54, 1.807) is 30.3 Å². The van der Waals surface area contributed by atoms with E-state index in [1.807, 2.05) is 13.0 Å². The van der Waals surface area contributed by atoms with E-state index in [0.717, 1.165) is 5.56 Å². The van der Waals surface area contributed by atoms with Crippen LogP contribution in [0.2, 0.25) is 15.1 Å². The van der Waals surface area contributed by atoms with E-state index in [2.05, 4.69) is 15.1 Å². The summed E-state index contributed by atoms with van der Waals surface area (Å²) < 4.78 is 1.48. The number of aromatic hydroxyl groups is 1. The number of aromatic nitrogens is 4. The van der Waals surface area contributed by atoms with Crippen LogP contribution in [-0.4, -0.2) is 24.9 Å². The lowest BCUT2D eigenvalue weighted by Gasteiger charge is -2.09. The fourth-order valence-electron chi connectivity index (χ4n) is 3.22. The number of benzene rings is 2. The van der Waals surface area contributed by atoms with Gasteiger partial charge in [0.25, 0.3) is 5.56 Å². The summed E-state index contributed by atoms with van der Waals surface area (Å²) >= 11 is 18.8. The second kappa shape index (κ2) is 7.71. The highest BCUT2D eigenvalue weighted by Gasteiger charge is 2.20. The summed E-state index contributed by atoms with van der Waals surface area (Å²) in [5.74, 6) is 0.571. The molecule has 4 rings (SSSR count). The predicted octanol–water partition coefficient (Wildman–Crippen LogP) is 4.93. The van der Waals surface area contributed by atoms with Gasteiger partial charge in [0, 0.05) is 11.4 Å². The minimum absolute atomic E-state index is 0.143. The fraction of sp³-hybridized carbons (Fsp3) is 0.150. The molecule has 0 atom stereocenters. The second-order valence-corrected chi connectivity index (χ2v) is 7.74. The van der Waals surface area contributed by atoms with Gasteiger partial charge < -0.3 is 10.1 Å². The normalized spacial score (nSPS) is 11.3. The minimum Gasteiger partial charge on any atom is -0.508 e. The monoisotopic (exact) mass is 448 g/mol. The molecule has 0 saturated heterocycles. The van der Waals surface area contributed by atoms with E-state index < -0.39 is 0 Å². The van der Waals surface area contributed by atoms with E-state index in [9.17, 15) is 9.90 Å². The lowest BCUT2D eigenvalue weighted by molar-refractivity contribution is 0.474. The number of halogens is 3. The molecule has 0 saturated carbocycles. The number of hydrogen-bond donors (Lipinski definition) is 2. The van der Waals surface area contributed by atoms with Gasteiger partial charge in [0.2, 0.25) is 0 Å². The SMILES string of the molecule is CCc1nn(-c2c(Cl)cc(Cl)cc2Cl)c2nc(Cc3cccc(O)c3)[nH]c(=O)c12. The Morgan fingerprint density at radius 2 is 1.86 bits per heavy atom. The smallest absolute Gasteiger partial charge is 0.262 e. The molecule has 2 heterocycles. The summed E-state index contributed by atoms with van der Waals surface area (Å²) in [6.07, 6.45) is 0.858. The quantitative estimate of drug-likeness (QED) is 0.463. The van der Waals surface area contributed by atoms with Crippen molar-refractivity contribution in [2.75, 3.05) is 0 Å². The average Bonchev–Trinajstić information content (AvgIpc) is 3.00. The van der Waals surface area contributed by atoms with Crippen LogP contribution >= 0.6 is 34.8 Å².